The van der Waals surface area contributed by atoms with Crippen molar-refractivity contribution in [3.63, 3.8) is 0 Å². The third-order valence-electron chi connectivity index (χ3n) is 4.41. The standard InChI is InChI=1S/C19H12Cl4F2N6O/c1-9-5-15(19(23,24)25)31-16(26-9)6-14(28-31)18(32)27-17-13(22)8-30(29-17)7-10-11(20)3-2-4-12(10)21/h2-6,8H,7H2,1H3,(H,27,29,32). The zero-order chi connectivity index (χ0) is 23.2. The van der Waals surface area contributed by atoms with E-state index in [2.05, 4.69) is 20.5 Å². The van der Waals surface area contributed by atoms with Crippen LogP contribution in [0.25, 0.3) is 5.65 Å². The number of nitrogens with one attached hydrogen (secondary N) is 1. The summed E-state index contributed by atoms with van der Waals surface area (Å²) >= 11 is 23.7. The molecule has 0 fully saturated rings. The van der Waals surface area contributed by atoms with Gasteiger partial charge in [0.2, 0.25) is 0 Å². The Balaban J connectivity index is 1.60. The number of rotatable bonds is 5. The van der Waals surface area contributed by atoms with E-state index in [0.717, 1.165) is 10.6 Å². The van der Waals surface area contributed by atoms with Crippen molar-refractivity contribution in [2.45, 2.75) is 18.9 Å². The molecule has 0 spiro atoms. The van der Waals surface area contributed by atoms with E-state index in [4.69, 9.17) is 46.4 Å². The summed E-state index contributed by atoms with van der Waals surface area (Å²) < 4.78 is 29.7. The van der Waals surface area contributed by atoms with Crippen molar-refractivity contribution in [3.05, 3.63) is 74.2 Å². The Morgan fingerprint density at radius 3 is 2.47 bits per heavy atom. The van der Waals surface area contributed by atoms with E-state index in [0.29, 0.717) is 21.3 Å². The number of amides is 1. The van der Waals surface area contributed by atoms with Gasteiger partial charge in [-0.25, -0.2) is 9.50 Å². The highest BCUT2D eigenvalue weighted by Gasteiger charge is 2.33. The van der Waals surface area contributed by atoms with Crippen molar-refractivity contribution in [1.29, 1.82) is 0 Å². The second kappa shape index (κ2) is 8.47. The fourth-order valence-electron chi connectivity index (χ4n) is 2.99. The number of aromatic nitrogens is 5. The van der Waals surface area contributed by atoms with Crippen LogP contribution in [0.2, 0.25) is 15.1 Å². The lowest BCUT2D eigenvalue weighted by Crippen LogP contribution is -2.16. The number of hydrogen-bond acceptors (Lipinski definition) is 4. The number of hydrogen-bond donors (Lipinski definition) is 1. The number of anilines is 1. The van der Waals surface area contributed by atoms with Crippen LogP contribution in [0.3, 0.4) is 0 Å². The van der Waals surface area contributed by atoms with Crippen LogP contribution in [0.1, 0.15) is 27.4 Å². The molecular weight excluding hydrogens is 508 g/mol. The zero-order valence-corrected chi connectivity index (χ0v) is 19.1. The monoisotopic (exact) mass is 518 g/mol. The number of fused-ring (bicyclic) bond motifs is 1. The van der Waals surface area contributed by atoms with Gasteiger partial charge in [0.05, 0.1) is 6.54 Å². The molecule has 1 N–H and O–H groups in total. The third kappa shape index (κ3) is 4.52. The topological polar surface area (TPSA) is 77.1 Å². The maximum absolute atomic E-state index is 13.7. The smallest absolute Gasteiger partial charge is 0.302 e. The lowest BCUT2D eigenvalue weighted by atomic mass is 10.2. The molecule has 0 bridgehead atoms. The Kier molecular flexibility index (Phi) is 6.02. The Morgan fingerprint density at radius 2 is 1.81 bits per heavy atom. The van der Waals surface area contributed by atoms with Gasteiger partial charge < -0.3 is 5.32 Å². The largest absolute Gasteiger partial charge is 0.364 e. The average Bonchev–Trinajstić information content (AvgIpc) is 3.26. The van der Waals surface area contributed by atoms with E-state index in [9.17, 15) is 13.6 Å². The maximum Gasteiger partial charge on any atom is 0.364 e. The van der Waals surface area contributed by atoms with E-state index in [1.54, 1.807) is 18.2 Å². The minimum atomic E-state index is -3.70. The summed E-state index contributed by atoms with van der Waals surface area (Å²) in [4.78, 5) is 16.8. The highest BCUT2D eigenvalue weighted by molar-refractivity contribution is 6.36. The van der Waals surface area contributed by atoms with E-state index in [-0.39, 0.29) is 28.7 Å². The van der Waals surface area contributed by atoms with Crippen molar-refractivity contribution in [2.75, 3.05) is 5.32 Å². The molecule has 1 amide bonds. The molecule has 0 unspecified atom stereocenters. The van der Waals surface area contributed by atoms with Gasteiger partial charge in [0.1, 0.15) is 10.7 Å². The molecule has 0 radical (unpaired) electrons. The second-order valence-corrected chi connectivity index (χ2v) is 8.45. The minimum Gasteiger partial charge on any atom is -0.302 e. The Bertz CT molecular complexity index is 1330. The van der Waals surface area contributed by atoms with Crippen LogP contribution < -0.4 is 5.32 Å². The molecule has 0 saturated heterocycles. The molecule has 0 aliphatic rings. The summed E-state index contributed by atoms with van der Waals surface area (Å²) in [6, 6.07) is 7.44. The molecular formula is C19H12Cl4F2N6O. The van der Waals surface area contributed by atoms with Crippen LogP contribution in [0.15, 0.2) is 36.5 Å². The number of halogens is 6. The molecule has 32 heavy (non-hydrogen) atoms. The lowest BCUT2D eigenvalue weighted by Gasteiger charge is -2.10. The Hall–Kier alpha value is -2.46. The second-order valence-electron chi connectivity index (χ2n) is 6.76. The first-order valence-electron chi connectivity index (χ1n) is 8.95. The van der Waals surface area contributed by atoms with Crippen LogP contribution >= 0.6 is 46.4 Å². The Morgan fingerprint density at radius 1 is 1.12 bits per heavy atom. The summed E-state index contributed by atoms with van der Waals surface area (Å²) in [6.07, 6.45) is 1.48. The van der Waals surface area contributed by atoms with Gasteiger partial charge in [-0.05, 0) is 36.7 Å². The summed E-state index contributed by atoms with van der Waals surface area (Å²) in [5, 5.41) is 7.98. The summed E-state index contributed by atoms with van der Waals surface area (Å²) in [5.41, 5.74) is 0.170. The van der Waals surface area contributed by atoms with Gasteiger partial charge in [-0.1, -0.05) is 40.9 Å². The Labute approximate surface area is 199 Å². The number of carbonyl (C=O) groups is 1. The SMILES string of the molecule is Cc1cc(C(F)(F)Cl)n2nc(C(=O)Nc3nn(Cc4c(Cl)cccc4Cl)cc3Cl)cc2n1. The predicted molar refractivity (Wildman–Crippen MR) is 118 cm³/mol. The maximum atomic E-state index is 13.7. The molecule has 4 aromatic rings. The highest BCUT2D eigenvalue weighted by Crippen LogP contribution is 2.33. The van der Waals surface area contributed by atoms with Crippen molar-refractivity contribution in [2.24, 2.45) is 0 Å². The number of aryl methyl sites for hydroxylation is 1. The summed E-state index contributed by atoms with van der Waals surface area (Å²) in [7, 11) is 0. The minimum absolute atomic E-state index is 0.0375. The van der Waals surface area contributed by atoms with Crippen LogP contribution in [0.4, 0.5) is 14.6 Å². The first kappa shape index (κ1) is 22.7. The molecule has 0 aliphatic carbocycles. The molecule has 0 aliphatic heterocycles. The van der Waals surface area contributed by atoms with Gasteiger partial charge in [0, 0.05) is 33.6 Å². The molecule has 13 heteroatoms. The molecule has 0 atom stereocenters. The van der Waals surface area contributed by atoms with Crippen LogP contribution in [0.5, 0.6) is 0 Å². The van der Waals surface area contributed by atoms with E-state index < -0.39 is 17.0 Å². The van der Waals surface area contributed by atoms with Gasteiger partial charge in [0.15, 0.2) is 17.2 Å². The van der Waals surface area contributed by atoms with Crippen molar-refractivity contribution >= 4 is 63.8 Å². The summed E-state index contributed by atoms with van der Waals surface area (Å²) in [5.74, 6) is -0.677. The van der Waals surface area contributed by atoms with E-state index >= 15 is 0 Å². The van der Waals surface area contributed by atoms with Crippen molar-refractivity contribution in [3.8, 4) is 0 Å². The average molecular weight is 520 g/mol. The first-order valence-corrected chi connectivity index (χ1v) is 10.5. The number of carbonyl (C=O) groups excluding carboxylic acids is 1. The van der Waals surface area contributed by atoms with Crippen LogP contribution in [-0.4, -0.2) is 30.3 Å². The van der Waals surface area contributed by atoms with Crippen LogP contribution in [-0.2, 0) is 11.9 Å². The van der Waals surface area contributed by atoms with E-state index in [1.165, 1.54) is 23.9 Å². The quantitative estimate of drug-likeness (QED) is 0.339. The van der Waals surface area contributed by atoms with Crippen molar-refractivity contribution < 1.29 is 13.6 Å². The third-order valence-corrected chi connectivity index (χ3v) is 5.59. The van der Waals surface area contributed by atoms with Gasteiger partial charge in [-0.15, -0.1) is 0 Å². The molecule has 3 aromatic heterocycles. The summed E-state index contributed by atoms with van der Waals surface area (Å²) in [6.45, 7) is 1.73. The number of benzene rings is 1. The molecule has 1 aromatic carbocycles. The molecule has 3 heterocycles. The lowest BCUT2D eigenvalue weighted by molar-refractivity contribution is 0.0868. The number of nitrogens with zero attached hydrogens (tertiary/aromatic N) is 5. The fourth-order valence-corrected chi connectivity index (χ4v) is 3.84. The fraction of sp³-hybridized carbons (Fsp3) is 0.158. The number of alkyl halides is 3. The van der Waals surface area contributed by atoms with E-state index in [1.807, 2.05) is 0 Å². The van der Waals surface area contributed by atoms with Crippen molar-refractivity contribution in [1.82, 2.24) is 24.4 Å². The van der Waals surface area contributed by atoms with Gasteiger partial charge in [0.25, 0.3) is 5.91 Å². The predicted octanol–water partition coefficient (Wildman–Crippen LogP) is 5.78. The first-order chi connectivity index (χ1) is 15.0. The molecule has 4 rings (SSSR count). The van der Waals surface area contributed by atoms with Gasteiger partial charge in [-0.3, -0.25) is 9.48 Å². The zero-order valence-electron chi connectivity index (χ0n) is 16.1. The molecule has 7 nitrogen and oxygen atoms in total. The van der Waals surface area contributed by atoms with Gasteiger partial charge in [-0.2, -0.15) is 19.0 Å². The normalized spacial score (nSPS) is 11.8. The van der Waals surface area contributed by atoms with Crippen LogP contribution in [0, 0.1) is 6.92 Å². The molecule has 0 saturated carbocycles. The molecule has 166 valence electrons. The van der Waals surface area contributed by atoms with Gasteiger partial charge >= 0.3 is 5.38 Å². The highest BCUT2D eigenvalue weighted by atomic mass is 35.5.